The molecule has 2 heterocycles. The Morgan fingerprint density at radius 3 is 1.88 bits per heavy atom. The number of aliphatic imine (C=N–C) groups is 2. The van der Waals surface area contributed by atoms with Gasteiger partial charge in [0.2, 0.25) is 5.96 Å². The van der Waals surface area contributed by atoms with E-state index in [9.17, 15) is 4.79 Å². The maximum atomic E-state index is 9.82. The van der Waals surface area contributed by atoms with Gasteiger partial charge in [-0.05, 0) is 27.0 Å². The SMILES string of the molecule is C.CC1(C)C=NNC1.CCN=C(N)N1CC(C)(C)C=N1.CCN=C(N)SC.CCOC(C)=O.Cl. The second-order valence-corrected chi connectivity index (χ2v) is 8.97. The summed E-state index contributed by atoms with van der Waals surface area (Å²) in [7, 11) is 0. The number of rotatable bonds is 3. The maximum Gasteiger partial charge on any atom is 0.302 e. The predicted molar refractivity (Wildman–Crippen MR) is 153 cm³/mol. The summed E-state index contributed by atoms with van der Waals surface area (Å²) in [6, 6.07) is 0. The number of carbonyl (C=O) groups is 1. The number of nitrogens with zero attached hydrogens (tertiary/aromatic N) is 5. The summed E-state index contributed by atoms with van der Waals surface area (Å²) in [5, 5.41) is 10.4. The number of amidine groups is 1. The van der Waals surface area contributed by atoms with Crippen molar-refractivity contribution in [3.05, 3.63) is 0 Å². The van der Waals surface area contributed by atoms with Crippen molar-refractivity contribution in [2.45, 2.75) is 62.8 Å². The molecular formula is C22H49ClN8O2S. The lowest BCUT2D eigenvalue weighted by molar-refractivity contribution is -0.140. The average Bonchev–Trinajstić information content (AvgIpc) is 3.27. The third kappa shape index (κ3) is 23.2. The number of thioether (sulfide) groups is 1. The fraction of sp³-hybridized carbons (Fsp3) is 0.773. The van der Waals surface area contributed by atoms with E-state index in [1.54, 1.807) is 11.9 Å². The van der Waals surface area contributed by atoms with E-state index in [1.165, 1.54) is 18.7 Å². The van der Waals surface area contributed by atoms with E-state index < -0.39 is 0 Å². The standard InChI is InChI=1S/C8H16N4.C5H10N2.C4H10N2S.C4H8O2.CH4.ClH/c1-4-10-7(9)12-6-8(2,3)5-11-12;1-5(2)3-6-7-4-5;1-3-6-4(5)7-2;1-3-6-4(2)5;;/h5H,4,6H2,1-3H3,(H2,9,10);3,7H,4H2,1-2H3;3H2,1-2H3,(H2,5,6);3H2,1-2H3;1H4;1H. The predicted octanol–water partition coefficient (Wildman–Crippen LogP) is 3.56. The summed E-state index contributed by atoms with van der Waals surface area (Å²) >= 11 is 1.48. The van der Waals surface area contributed by atoms with Gasteiger partial charge in [-0.15, -0.1) is 12.4 Å². The van der Waals surface area contributed by atoms with Crippen molar-refractivity contribution in [3.63, 3.8) is 0 Å². The van der Waals surface area contributed by atoms with Crippen LogP contribution in [0.25, 0.3) is 0 Å². The Labute approximate surface area is 217 Å². The van der Waals surface area contributed by atoms with Gasteiger partial charge in [0.15, 0.2) is 5.17 Å². The van der Waals surface area contributed by atoms with Crippen molar-refractivity contribution in [1.82, 2.24) is 10.4 Å². The minimum atomic E-state index is -0.211. The molecule has 0 saturated heterocycles. The molecular weight excluding hydrogens is 476 g/mol. The summed E-state index contributed by atoms with van der Waals surface area (Å²) in [5.74, 6) is 0.303. The molecule has 12 heteroatoms. The Balaban J connectivity index is -0.000000181. The molecule has 0 aromatic rings. The molecule has 0 bridgehead atoms. The van der Waals surface area contributed by atoms with E-state index in [4.69, 9.17) is 11.5 Å². The van der Waals surface area contributed by atoms with E-state index in [0.717, 1.165) is 19.6 Å². The highest BCUT2D eigenvalue weighted by atomic mass is 35.5. The van der Waals surface area contributed by atoms with Gasteiger partial charge < -0.3 is 21.6 Å². The molecule has 10 nitrogen and oxygen atoms in total. The maximum absolute atomic E-state index is 9.82. The van der Waals surface area contributed by atoms with Crippen LogP contribution >= 0.6 is 24.2 Å². The summed E-state index contributed by atoms with van der Waals surface area (Å²) < 4.78 is 4.40. The molecule has 0 aliphatic carbocycles. The molecule has 0 aromatic heterocycles. The Bertz CT molecular complexity index is 653. The van der Waals surface area contributed by atoms with Gasteiger partial charge in [-0.2, -0.15) is 10.2 Å². The first-order valence-electron chi connectivity index (χ1n) is 10.7. The fourth-order valence-corrected chi connectivity index (χ4v) is 2.27. The van der Waals surface area contributed by atoms with Crippen LogP contribution in [0, 0.1) is 10.8 Å². The van der Waals surface area contributed by atoms with Crippen LogP contribution in [0.15, 0.2) is 20.2 Å². The summed E-state index contributed by atoms with van der Waals surface area (Å²) in [5.41, 5.74) is 14.3. The molecule has 0 aromatic carbocycles. The molecule has 0 fully saturated rings. The first-order valence-corrected chi connectivity index (χ1v) is 11.9. The highest BCUT2D eigenvalue weighted by molar-refractivity contribution is 8.13. The van der Waals surface area contributed by atoms with Gasteiger partial charge in [0, 0.05) is 49.8 Å². The van der Waals surface area contributed by atoms with Crippen LogP contribution in [0.5, 0.6) is 0 Å². The second-order valence-electron chi connectivity index (χ2n) is 8.15. The van der Waals surface area contributed by atoms with E-state index in [-0.39, 0.29) is 31.2 Å². The van der Waals surface area contributed by atoms with Crippen LogP contribution in [0.3, 0.4) is 0 Å². The fourth-order valence-electron chi connectivity index (χ4n) is 2.02. The van der Waals surface area contributed by atoms with E-state index in [0.29, 0.717) is 29.7 Å². The molecule has 0 unspecified atom stereocenters. The Kier molecular flexibility index (Phi) is 24.8. The second kappa shape index (κ2) is 21.5. The van der Waals surface area contributed by atoms with Crippen molar-refractivity contribution in [3.8, 4) is 0 Å². The summed E-state index contributed by atoms with van der Waals surface area (Å²) in [6.45, 7) is 19.4. The van der Waals surface area contributed by atoms with Gasteiger partial charge >= 0.3 is 5.97 Å². The number of hydrogen-bond donors (Lipinski definition) is 3. The number of nitrogens with one attached hydrogen (secondary N) is 1. The van der Waals surface area contributed by atoms with Crippen molar-refractivity contribution in [1.29, 1.82) is 0 Å². The molecule has 0 saturated carbocycles. The van der Waals surface area contributed by atoms with Gasteiger partial charge in [0.25, 0.3) is 0 Å². The average molecular weight is 525 g/mol. The van der Waals surface area contributed by atoms with Gasteiger partial charge in [0.05, 0.1) is 13.2 Å². The lowest BCUT2D eigenvalue weighted by Gasteiger charge is -2.17. The lowest BCUT2D eigenvalue weighted by Crippen LogP contribution is -2.35. The molecule has 2 aliphatic rings. The zero-order chi connectivity index (χ0) is 25.2. The van der Waals surface area contributed by atoms with E-state index in [2.05, 4.69) is 58.0 Å². The number of nitrogens with two attached hydrogens (primary N) is 2. The first kappa shape index (κ1) is 39.2. The summed E-state index contributed by atoms with van der Waals surface area (Å²) in [4.78, 5) is 17.8. The van der Waals surface area contributed by atoms with Crippen LogP contribution in [0.2, 0.25) is 0 Å². The molecule has 2 aliphatic heterocycles. The number of hydrazone groups is 2. The molecule has 0 atom stereocenters. The van der Waals surface area contributed by atoms with Crippen molar-refractivity contribution in [2.75, 3.05) is 39.0 Å². The van der Waals surface area contributed by atoms with Gasteiger partial charge in [0.1, 0.15) is 0 Å². The molecule has 0 amide bonds. The Morgan fingerprint density at radius 2 is 1.68 bits per heavy atom. The van der Waals surface area contributed by atoms with Crippen LogP contribution < -0.4 is 16.9 Å². The number of guanidine groups is 1. The van der Waals surface area contributed by atoms with Gasteiger partial charge in [-0.1, -0.05) is 46.9 Å². The van der Waals surface area contributed by atoms with Crippen molar-refractivity contribution in [2.24, 2.45) is 42.5 Å². The number of ether oxygens (including phenoxy) is 1. The summed E-state index contributed by atoms with van der Waals surface area (Å²) in [6.07, 6.45) is 5.76. The molecule has 0 radical (unpaired) electrons. The molecule has 5 N–H and O–H groups in total. The van der Waals surface area contributed by atoms with Crippen LogP contribution in [-0.4, -0.2) is 73.6 Å². The van der Waals surface area contributed by atoms with Crippen molar-refractivity contribution < 1.29 is 9.53 Å². The smallest absolute Gasteiger partial charge is 0.302 e. The molecule has 34 heavy (non-hydrogen) atoms. The van der Waals surface area contributed by atoms with Gasteiger partial charge in [-0.25, -0.2) is 5.01 Å². The largest absolute Gasteiger partial charge is 0.466 e. The monoisotopic (exact) mass is 524 g/mol. The van der Waals surface area contributed by atoms with Crippen LogP contribution in [-0.2, 0) is 9.53 Å². The zero-order valence-electron chi connectivity index (χ0n) is 21.7. The van der Waals surface area contributed by atoms with Crippen LogP contribution in [0.1, 0.15) is 62.8 Å². The topological polar surface area (TPSA) is 143 Å². The third-order valence-electron chi connectivity index (χ3n) is 3.60. The molecule has 202 valence electrons. The Morgan fingerprint density at radius 1 is 1.12 bits per heavy atom. The lowest BCUT2D eigenvalue weighted by atomic mass is 9.97. The quantitative estimate of drug-likeness (QED) is 0.291. The number of carbonyl (C=O) groups excluding carboxylic acids is 1. The van der Waals surface area contributed by atoms with E-state index in [1.807, 2.05) is 32.5 Å². The molecule has 2 rings (SSSR count). The Hall–Kier alpha value is -2.01. The number of hydrogen-bond acceptors (Lipinski definition) is 8. The minimum Gasteiger partial charge on any atom is -0.466 e. The van der Waals surface area contributed by atoms with Gasteiger partial charge in [-0.3, -0.25) is 14.8 Å². The number of esters is 1. The normalized spacial score (nSPS) is 16.7. The van der Waals surface area contributed by atoms with E-state index >= 15 is 0 Å². The number of halogens is 1. The van der Waals surface area contributed by atoms with Crippen LogP contribution in [0.4, 0.5) is 0 Å². The van der Waals surface area contributed by atoms with Crippen molar-refractivity contribution >= 4 is 53.7 Å². The highest BCUT2D eigenvalue weighted by Crippen LogP contribution is 2.19. The minimum absolute atomic E-state index is 0. The highest BCUT2D eigenvalue weighted by Gasteiger charge is 2.26. The zero-order valence-corrected chi connectivity index (χ0v) is 23.3. The molecule has 0 spiro atoms. The third-order valence-corrected chi connectivity index (χ3v) is 4.15. The first-order chi connectivity index (χ1) is 14.8.